The summed E-state index contributed by atoms with van der Waals surface area (Å²) >= 11 is 1.28. The number of fused-ring (bicyclic) bond motifs is 1. The smallest absolute Gasteiger partial charge is 0.338 e. The number of ether oxygens (including phenoxy) is 2. The Morgan fingerprint density at radius 3 is 2.27 bits per heavy atom. The average molecular weight is 562 g/mol. The summed E-state index contributed by atoms with van der Waals surface area (Å²) in [6.07, 6.45) is 1.85. The van der Waals surface area contributed by atoms with Crippen molar-refractivity contribution < 1.29 is 19.1 Å². The molecule has 8 nitrogen and oxygen atoms in total. The second-order valence-electron chi connectivity index (χ2n) is 9.95. The van der Waals surface area contributed by atoms with E-state index in [4.69, 9.17) is 9.47 Å². The van der Waals surface area contributed by atoms with Crippen LogP contribution in [0.2, 0.25) is 0 Å². The van der Waals surface area contributed by atoms with Crippen LogP contribution < -0.4 is 19.8 Å². The zero-order chi connectivity index (χ0) is 29.0. The van der Waals surface area contributed by atoms with Gasteiger partial charge in [0, 0.05) is 18.8 Å². The summed E-state index contributed by atoms with van der Waals surface area (Å²) in [7, 11) is 1.32. The number of thiazole rings is 1. The standard InChI is InChI=1S/C31H35N3O5S/c1-7-33(8-2)24-15-9-21(10-16-24)17-25-28(35)34-27(22-11-13-23(14-12-22)29(36)38-6)26(20(5)32-31(34)40-25)30(37)39-18-19(3)4/h9-17,19,27H,7-8,18H2,1-6H3. The molecule has 0 saturated carbocycles. The highest BCUT2D eigenvalue weighted by molar-refractivity contribution is 7.07. The topological polar surface area (TPSA) is 90.2 Å². The lowest BCUT2D eigenvalue weighted by atomic mass is 9.95. The van der Waals surface area contributed by atoms with E-state index < -0.39 is 18.0 Å². The van der Waals surface area contributed by atoms with Crippen molar-refractivity contribution in [3.8, 4) is 0 Å². The molecule has 0 amide bonds. The van der Waals surface area contributed by atoms with Crippen molar-refractivity contribution in [1.29, 1.82) is 0 Å². The lowest BCUT2D eigenvalue weighted by Crippen LogP contribution is -2.40. The van der Waals surface area contributed by atoms with Crippen molar-refractivity contribution >= 4 is 35.0 Å². The number of allylic oxidation sites excluding steroid dienone is 1. The van der Waals surface area contributed by atoms with Crippen LogP contribution >= 0.6 is 11.3 Å². The highest BCUT2D eigenvalue weighted by atomic mass is 32.1. The van der Waals surface area contributed by atoms with Crippen LogP contribution in [0.1, 0.15) is 62.1 Å². The quantitative estimate of drug-likeness (QED) is 0.366. The van der Waals surface area contributed by atoms with Gasteiger partial charge in [-0.3, -0.25) is 9.36 Å². The van der Waals surface area contributed by atoms with Gasteiger partial charge in [-0.05, 0) is 68.2 Å². The summed E-state index contributed by atoms with van der Waals surface area (Å²) < 4.78 is 12.5. The van der Waals surface area contributed by atoms with E-state index in [2.05, 4.69) is 35.9 Å². The first kappa shape index (κ1) is 29.0. The molecule has 0 aliphatic carbocycles. The van der Waals surface area contributed by atoms with Crippen molar-refractivity contribution in [1.82, 2.24) is 4.57 Å². The van der Waals surface area contributed by atoms with E-state index in [9.17, 15) is 14.4 Å². The van der Waals surface area contributed by atoms with Gasteiger partial charge in [0.05, 0.1) is 41.1 Å². The molecule has 0 fully saturated rings. The maximum atomic E-state index is 13.9. The van der Waals surface area contributed by atoms with Crippen LogP contribution in [0.3, 0.4) is 0 Å². The minimum Gasteiger partial charge on any atom is -0.465 e. The molecule has 4 rings (SSSR count). The van der Waals surface area contributed by atoms with E-state index in [1.54, 1.807) is 35.8 Å². The number of nitrogens with zero attached hydrogens (tertiary/aromatic N) is 3. The Labute approximate surface area is 237 Å². The SMILES string of the molecule is CCN(CC)c1ccc(C=c2sc3n(c2=O)C(c2ccc(C(=O)OC)cc2)C(C(=O)OCC(C)C)=C(C)N=3)cc1. The largest absolute Gasteiger partial charge is 0.465 e. The zero-order valence-electron chi connectivity index (χ0n) is 23.8. The molecule has 2 aromatic carbocycles. The molecule has 9 heteroatoms. The summed E-state index contributed by atoms with van der Waals surface area (Å²) in [6, 6.07) is 14.0. The molecule has 0 radical (unpaired) electrons. The highest BCUT2D eigenvalue weighted by Gasteiger charge is 2.33. The third-order valence-electron chi connectivity index (χ3n) is 6.76. The second-order valence-corrected chi connectivity index (χ2v) is 11.0. The first-order chi connectivity index (χ1) is 19.2. The van der Waals surface area contributed by atoms with Gasteiger partial charge >= 0.3 is 11.9 Å². The Hall–Kier alpha value is -3.98. The molecule has 3 aromatic rings. The minimum atomic E-state index is -0.755. The number of esters is 2. The monoisotopic (exact) mass is 561 g/mol. The highest BCUT2D eigenvalue weighted by Crippen LogP contribution is 2.31. The number of aromatic nitrogens is 1. The average Bonchev–Trinajstić information content (AvgIpc) is 3.26. The Morgan fingerprint density at radius 1 is 1.05 bits per heavy atom. The van der Waals surface area contributed by atoms with Crippen molar-refractivity contribution in [2.45, 2.75) is 40.7 Å². The van der Waals surface area contributed by atoms with Gasteiger partial charge in [-0.2, -0.15) is 0 Å². The normalized spacial score (nSPS) is 15.1. The number of rotatable bonds is 9. The van der Waals surface area contributed by atoms with Gasteiger partial charge in [-0.15, -0.1) is 0 Å². The first-order valence-electron chi connectivity index (χ1n) is 13.4. The second kappa shape index (κ2) is 12.5. The van der Waals surface area contributed by atoms with Crippen molar-refractivity contribution in [2.75, 3.05) is 31.7 Å². The molecular weight excluding hydrogens is 526 g/mol. The Kier molecular flexibility index (Phi) is 9.04. The van der Waals surface area contributed by atoms with E-state index in [1.165, 1.54) is 18.4 Å². The summed E-state index contributed by atoms with van der Waals surface area (Å²) in [5.74, 6) is -0.832. The van der Waals surface area contributed by atoms with E-state index in [0.29, 0.717) is 31.7 Å². The van der Waals surface area contributed by atoms with Crippen molar-refractivity contribution in [3.63, 3.8) is 0 Å². The molecule has 1 atom stereocenters. The van der Waals surface area contributed by atoms with Crippen molar-refractivity contribution in [3.05, 3.63) is 96.2 Å². The molecular formula is C31H35N3O5S. The number of methoxy groups -OCH3 is 1. The fourth-order valence-corrected chi connectivity index (χ4v) is 5.71. The molecule has 0 bridgehead atoms. The van der Waals surface area contributed by atoms with Gasteiger partial charge in [0.2, 0.25) is 0 Å². The van der Waals surface area contributed by atoms with Crippen LogP contribution in [0.15, 0.2) is 69.6 Å². The van der Waals surface area contributed by atoms with Crippen LogP contribution in [0, 0.1) is 5.92 Å². The Balaban J connectivity index is 1.83. The molecule has 210 valence electrons. The Bertz CT molecular complexity index is 1590. The van der Waals surface area contributed by atoms with E-state index in [-0.39, 0.29) is 18.1 Å². The predicted octanol–water partition coefficient (Wildman–Crippen LogP) is 4.07. The number of hydrogen-bond acceptors (Lipinski definition) is 8. The summed E-state index contributed by atoms with van der Waals surface area (Å²) in [5.41, 5.74) is 3.60. The van der Waals surface area contributed by atoms with Crippen LogP contribution in [0.5, 0.6) is 0 Å². The maximum absolute atomic E-state index is 13.9. The third kappa shape index (κ3) is 5.94. The summed E-state index contributed by atoms with van der Waals surface area (Å²) in [4.78, 5) is 46.6. The maximum Gasteiger partial charge on any atom is 0.338 e. The molecule has 1 aliphatic rings. The Morgan fingerprint density at radius 2 is 1.70 bits per heavy atom. The van der Waals surface area contributed by atoms with Gasteiger partial charge in [-0.1, -0.05) is 49.4 Å². The predicted molar refractivity (Wildman–Crippen MR) is 157 cm³/mol. The van der Waals surface area contributed by atoms with Gasteiger partial charge in [0.25, 0.3) is 5.56 Å². The molecule has 40 heavy (non-hydrogen) atoms. The zero-order valence-corrected chi connectivity index (χ0v) is 24.6. The molecule has 1 aromatic heterocycles. The number of anilines is 1. The van der Waals surface area contributed by atoms with E-state index in [0.717, 1.165) is 24.3 Å². The van der Waals surface area contributed by atoms with Crippen LogP contribution in [-0.2, 0) is 14.3 Å². The molecule has 1 unspecified atom stereocenters. The molecule has 0 saturated heterocycles. The minimum absolute atomic E-state index is 0.150. The van der Waals surface area contributed by atoms with Gasteiger partial charge in [-0.25, -0.2) is 14.6 Å². The third-order valence-corrected chi connectivity index (χ3v) is 7.74. The lowest BCUT2D eigenvalue weighted by Gasteiger charge is -2.25. The lowest BCUT2D eigenvalue weighted by molar-refractivity contribution is -0.140. The van der Waals surface area contributed by atoms with E-state index in [1.807, 2.05) is 32.1 Å². The van der Waals surface area contributed by atoms with Crippen LogP contribution in [0.4, 0.5) is 5.69 Å². The number of carbonyl (C=O) groups is 2. The molecule has 0 N–H and O–H groups in total. The fourth-order valence-electron chi connectivity index (χ4n) is 4.66. The number of carbonyl (C=O) groups excluding carboxylic acids is 2. The molecule has 2 heterocycles. The van der Waals surface area contributed by atoms with Gasteiger partial charge in [0.15, 0.2) is 4.80 Å². The van der Waals surface area contributed by atoms with Crippen molar-refractivity contribution in [2.24, 2.45) is 10.9 Å². The summed E-state index contributed by atoms with van der Waals surface area (Å²) in [6.45, 7) is 12.0. The number of benzene rings is 2. The van der Waals surface area contributed by atoms with Gasteiger partial charge < -0.3 is 14.4 Å². The first-order valence-corrected chi connectivity index (χ1v) is 14.2. The van der Waals surface area contributed by atoms with Gasteiger partial charge in [0.1, 0.15) is 0 Å². The fraction of sp³-hybridized carbons (Fsp3) is 0.355. The molecule has 1 aliphatic heterocycles. The van der Waals surface area contributed by atoms with Crippen LogP contribution in [-0.4, -0.2) is 43.3 Å². The number of hydrogen-bond donors (Lipinski definition) is 0. The molecule has 0 spiro atoms. The van der Waals surface area contributed by atoms with Crippen LogP contribution in [0.25, 0.3) is 6.08 Å². The van der Waals surface area contributed by atoms with E-state index >= 15 is 0 Å². The summed E-state index contributed by atoms with van der Waals surface area (Å²) in [5, 5.41) is 0.